The summed E-state index contributed by atoms with van der Waals surface area (Å²) in [5.74, 6) is 0.105. The second-order valence-corrected chi connectivity index (χ2v) is 3.82. The molecule has 1 aliphatic carbocycles. The Balaban J connectivity index is 2.39. The standard InChI is InChI=1S/C10H7ClN2O/c11-9-3-1-2-8(13-9)10(6-12)4-7(14)5-10/h1-3H,4-5H2. The van der Waals surface area contributed by atoms with E-state index in [4.69, 9.17) is 16.9 Å². The molecular formula is C10H7ClN2O. The summed E-state index contributed by atoms with van der Waals surface area (Å²) in [4.78, 5) is 15.0. The number of hydrogen-bond donors (Lipinski definition) is 0. The predicted molar refractivity (Wildman–Crippen MR) is 50.8 cm³/mol. The molecule has 1 aromatic heterocycles. The van der Waals surface area contributed by atoms with Gasteiger partial charge in [-0.25, -0.2) is 4.98 Å². The zero-order chi connectivity index (χ0) is 10.2. The molecule has 0 unspecified atom stereocenters. The van der Waals surface area contributed by atoms with E-state index in [9.17, 15) is 4.79 Å². The van der Waals surface area contributed by atoms with Gasteiger partial charge in [-0.1, -0.05) is 17.7 Å². The van der Waals surface area contributed by atoms with Crippen molar-refractivity contribution in [2.45, 2.75) is 18.3 Å². The highest BCUT2D eigenvalue weighted by Crippen LogP contribution is 2.39. The van der Waals surface area contributed by atoms with Crippen LogP contribution in [0.4, 0.5) is 0 Å². The Kier molecular flexibility index (Phi) is 2.01. The van der Waals surface area contributed by atoms with E-state index in [-0.39, 0.29) is 18.6 Å². The largest absolute Gasteiger partial charge is 0.300 e. The van der Waals surface area contributed by atoms with Crippen molar-refractivity contribution in [2.24, 2.45) is 0 Å². The molecule has 0 spiro atoms. The van der Waals surface area contributed by atoms with Crippen LogP contribution in [0.2, 0.25) is 5.15 Å². The molecule has 0 saturated heterocycles. The highest BCUT2D eigenvalue weighted by atomic mass is 35.5. The van der Waals surface area contributed by atoms with E-state index in [1.54, 1.807) is 18.2 Å². The predicted octanol–water partition coefficient (Wildman–Crippen LogP) is 1.86. The number of pyridine rings is 1. The Morgan fingerprint density at radius 3 is 2.71 bits per heavy atom. The smallest absolute Gasteiger partial charge is 0.136 e. The van der Waals surface area contributed by atoms with Gasteiger partial charge in [-0.05, 0) is 12.1 Å². The van der Waals surface area contributed by atoms with Crippen molar-refractivity contribution in [3.63, 3.8) is 0 Å². The van der Waals surface area contributed by atoms with Crippen molar-refractivity contribution in [2.75, 3.05) is 0 Å². The normalized spacial score (nSPS) is 18.4. The lowest BCUT2D eigenvalue weighted by molar-refractivity contribution is -0.126. The van der Waals surface area contributed by atoms with Crippen molar-refractivity contribution >= 4 is 17.4 Å². The SMILES string of the molecule is N#CC1(c2cccc(Cl)n2)CC(=O)C1. The van der Waals surface area contributed by atoms with Gasteiger partial charge in [-0.3, -0.25) is 4.79 Å². The number of hydrogen-bond acceptors (Lipinski definition) is 3. The van der Waals surface area contributed by atoms with Gasteiger partial charge in [0, 0.05) is 12.8 Å². The molecule has 1 fully saturated rings. The average molecular weight is 207 g/mol. The first-order valence-electron chi connectivity index (χ1n) is 4.22. The lowest BCUT2D eigenvalue weighted by Gasteiger charge is -2.32. The summed E-state index contributed by atoms with van der Waals surface area (Å²) in [6.07, 6.45) is 0.522. The minimum absolute atomic E-state index is 0.105. The molecule has 0 amide bonds. The molecule has 0 bridgehead atoms. The van der Waals surface area contributed by atoms with E-state index in [1.807, 2.05) is 0 Å². The van der Waals surface area contributed by atoms with Crippen molar-refractivity contribution in [1.82, 2.24) is 4.98 Å². The molecule has 1 aliphatic rings. The Morgan fingerprint density at radius 2 is 2.21 bits per heavy atom. The molecule has 2 rings (SSSR count). The monoisotopic (exact) mass is 206 g/mol. The summed E-state index contributed by atoms with van der Waals surface area (Å²) in [7, 11) is 0. The third-order valence-corrected chi connectivity index (χ3v) is 2.63. The molecule has 70 valence electrons. The lowest BCUT2D eigenvalue weighted by atomic mass is 9.67. The molecule has 0 aliphatic heterocycles. The summed E-state index contributed by atoms with van der Waals surface area (Å²) in [5, 5.41) is 9.37. The fourth-order valence-electron chi connectivity index (χ4n) is 1.61. The van der Waals surface area contributed by atoms with Gasteiger partial charge in [-0.2, -0.15) is 5.26 Å². The molecular weight excluding hydrogens is 200 g/mol. The number of halogens is 1. The number of nitrogens with zero attached hydrogens (tertiary/aromatic N) is 2. The number of carbonyl (C=O) groups is 1. The van der Waals surface area contributed by atoms with Gasteiger partial charge >= 0.3 is 0 Å². The zero-order valence-electron chi connectivity index (χ0n) is 7.33. The van der Waals surface area contributed by atoms with Crippen molar-refractivity contribution in [3.8, 4) is 6.07 Å². The maximum atomic E-state index is 10.9. The summed E-state index contributed by atoms with van der Waals surface area (Å²) < 4.78 is 0. The second kappa shape index (κ2) is 3.07. The summed E-state index contributed by atoms with van der Waals surface area (Å²) >= 11 is 5.72. The second-order valence-electron chi connectivity index (χ2n) is 3.43. The van der Waals surface area contributed by atoms with Crippen molar-refractivity contribution in [3.05, 3.63) is 29.0 Å². The molecule has 14 heavy (non-hydrogen) atoms. The maximum absolute atomic E-state index is 10.9. The van der Waals surface area contributed by atoms with Gasteiger partial charge < -0.3 is 0 Å². The molecule has 0 atom stereocenters. The fourth-order valence-corrected chi connectivity index (χ4v) is 1.78. The Bertz CT molecular complexity index is 428. The maximum Gasteiger partial charge on any atom is 0.136 e. The highest BCUT2D eigenvalue weighted by molar-refractivity contribution is 6.29. The molecule has 4 heteroatoms. The van der Waals surface area contributed by atoms with Gasteiger partial charge in [0.25, 0.3) is 0 Å². The van der Waals surface area contributed by atoms with E-state index in [0.29, 0.717) is 10.8 Å². The third kappa shape index (κ3) is 1.28. The molecule has 0 radical (unpaired) electrons. The first-order valence-corrected chi connectivity index (χ1v) is 4.60. The summed E-state index contributed by atoms with van der Waals surface area (Å²) in [5.41, 5.74) is -0.116. The number of aromatic nitrogens is 1. The van der Waals surface area contributed by atoms with Gasteiger partial charge in [0.2, 0.25) is 0 Å². The fraction of sp³-hybridized carbons (Fsp3) is 0.300. The van der Waals surface area contributed by atoms with E-state index in [2.05, 4.69) is 11.1 Å². The van der Waals surface area contributed by atoms with Crippen molar-refractivity contribution in [1.29, 1.82) is 5.26 Å². The molecule has 0 N–H and O–H groups in total. The number of nitriles is 1. The zero-order valence-corrected chi connectivity index (χ0v) is 8.08. The summed E-state index contributed by atoms with van der Waals surface area (Å²) in [6.45, 7) is 0. The van der Waals surface area contributed by atoms with E-state index >= 15 is 0 Å². The molecule has 3 nitrogen and oxygen atoms in total. The Morgan fingerprint density at radius 1 is 1.50 bits per heavy atom. The topological polar surface area (TPSA) is 53.8 Å². The van der Waals surface area contributed by atoms with Crippen LogP contribution >= 0.6 is 11.6 Å². The minimum Gasteiger partial charge on any atom is -0.300 e. The van der Waals surface area contributed by atoms with Crippen LogP contribution in [0.3, 0.4) is 0 Å². The lowest BCUT2D eigenvalue weighted by Crippen LogP contribution is -2.41. The van der Waals surface area contributed by atoms with Gasteiger partial charge in [0.05, 0.1) is 11.8 Å². The first kappa shape index (κ1) is 9.17. The van der Waals surface area contributed by atoms with Gasteiger partial charge in [0.1, 0.15) is 16.4 Å². The summed E-state index contributed by atoms with van der Waals surface area (Å²) in [6, 6.07) is 7.28. The van der Waals surface area contributed by atoms with Crippen LogP contribution in [-0.2, 0) is 10.2 Å². The van der Waals surface area contributed by atoms with Crippen LogP contribution in [0, 0.1) is 11.3 Å². The van der Waals surface area contributed by atoms with Gasteiger partial charge in [0.15, 0.2) is 0 Å². The van der Waals surface area contributed by atoms with E-state index < -0.39 is 5.41 Å². The molecule has 1 saturated carbocycles. The van der Waals surface area contributed by atoms with E-state index in [1.165, 1.54) is 0 Å². The Labute approximate surface area is 86.3 Å². The van der Waals surface area contributed by atoms with Crippen LogP contribution in [-0.4, -0.2) is 10.8 Å². The quantitative estimate of drug-likeness (QED) is 0.659. The van der Waals surface area contributed by atoms with Crippen LogP contribution < -0.4 is 0 Å². The van der Waals surface area contributed by atoms with Crippen LogP contribution in [0.15, 0.2) is 18.2 Å². The van der Waals surface area contributed by atoms with Crippen molar-refractivity contribution < 1.29 is 4.79 Å². The minimum atomic E-state index is -0.720. The number of ketones is 1. The van der Waals surface area contributed by atoms with E-state index in [0.717, 1.165) is 0 Å². The van der Waals surface area contributed by atoms with Crippen LogP contribution in [0.1, 0.15) is 18.5 Å². The number of Topliss-reactive ketones (excluding diaryl/α,β-unsaturated/α-hetero) is 1. The number of carbonyl (C=O) groups excluding carboxylic acids is 1. The molecule has 1 heterocycles. The average Bonchev–Trinajstić information content (AvgIpc) is 2.12. The first-order chi connectivity index (χ1) is 6.66. The Hall–Kier alpha value is -1.40. The van der Waals surface area contributed by atoms with Crippen LogP contribution in [0.25, 0.3) is 0 Å². The molecule has 0 aromatic carbocycles. The molecule has 1 aromatic rings. The number of rotatable bonds is 1. The third-order valence-electron chi connectivity index (χ3n) is 2.42. The van der Waals surface area contributed by atoms with Crippen LogP contribution in [0.5, 0.6) is 0 Å². The van der Waals surface area contributed by atoms with Gasteiger partial charge in [-0.15, -0.1) is 0 Å². The highest BCUT2D eigenvalue weighted by Gasteiger charge is 2.46.